The van der Waals surface area contributed by atoms with Gasteiger partial charge in [-0.3, -0.25) is 0 Å². The van der Waals surface area contributed by atoms with E-state index in [1.54, 1.807) is 14.2 Å². The molecule has 1 aromatic rings. The van der Waals surface area contributed by atoms with Gasteiger partial charge < -0.3 is 19.4 Å². The van der Waals surface area contributed by atoms with E-state index in [0.717, 1.165) is 13.1 Å². The van der Waals surface area contributed by atoms with Crippen LogP contribution in [-0.2, 0) is 22.6 Å². The summed E-state index contributed by atoms with van der Waals surface area (Å²) in [7, 11) is 3.29. The summed E-state index contributed by atoms with van der Waals surface area (Å²) in [5, 5.41) is 3.29. The summed E-state index contributed by atoms with van der Waals surface area (Å²) in [6, 6.07) is 4.18. The Kier molecular flexibility index (Phi) is 5.39. The van der Waals surface area contributed by atoms with E-state index < -0.39 is 0 Å². The molecule has 0 saturated carbocycles. The van der Waals surface area contributed by atoms with E-state index in [9.17, 15) is 0 Å². The molecule has 0 radical (unpaired) electrons. The minimum Gasteiger partial charge on any atom is -0.355 e. The molecule has 1 rings (SSSR count). The van der Waals surface area contributed by atoms with Gasteiger partial charge >= 0.3 is 0 Å². The molecule has 0 aromatic carbocycles. The molecular formula is C11H20N2O2. The average molecular weight is 212 g/mol. The molecule has 4 heteroatoms. The third-order valence-corrected chi connectivity index (χ3v) is 2.41. The van der Waals surface area contributed by atoms with Gasteiger partial charge in [-0.2, -0.15) is 0 Å². The number of hydrogen-bond donors (Lipinski definition) is 1. The molecular weight excluding hydrogens is 192 g/mol. The lowest BCUT2D eigenvalue weighted by molar-refractivity contribution is -0.0989. The third-order valence-electron chi connectivity index (χ3n) is 2.41. The molecule has 0 aliphatic carbocycles. The van der Waals surface area contributed by atoms with Gasteiger partial charge in [-0.25, -0.2) is 0 Å². The number of aryl methyl sites for hydroxylation is 1. The van der Waals surface area contributed by atoms with Gasteiger partial charge in [0.2, 0.25) is 0 Å². The molecule has 0 unspecified atom stereocenters. The van der Waals surface area contributed by atoms with Crippen LogP contribution in [0.5, 0.6) is 0 Å². The minimum absolute atomic E-state index is 0.171. The fraction of sp³-hybridized carbons (Fsp3) is 0.636. The molecule has 0 aliphatic heterocycles. The highest BCUT2D eigenvalue weighted by Crippen LogP contribution is 2.01. The van der Waals surface area contributed by atoms with Crippen molar-refractivity contribution in [3.63, 3.8) is 0 Å². The van der Waals surface area contributed by atoms with E-state index in [-0.39, 0.29) is 6.29 Å². The van der Waals surface area contributed by atoms with Crippen LogP contribution in [0.1, 0.15) is 12.6 Å². The Balaban J connectivity index is 2.31. The Morgan fingerprint density at radius 2 is 2.13 bits per heavy atom. The van der Waals surface area contributed by atoms with E-state index >= 15 is 0 Å². The number of methoxy groups -OCH3 is 2. The van der Waals surface area contributed by atoms with E-state index in [2.05, 4.69) is 35.1 Å². The predicted octanol–water partition coefficient (Wildman–Crippen LogP) is 1.22. The lowest BCUT2D eigenvalue weighted by Gasteiger charge is -2.14. The molecule has 1 aromatic heterocycles. The Hall–Kier alpha value is -0.840. The maximum Gasteiger partial charge on any atom is 0.169 e. The summed E-state index contributed by atoms with van der Waals surface area (Å²) < 4.78 is 12.4. The van der Waals surface area contributed by atoms with Crippen molar-refractivity contribution in [1.29, 1.82) is 0 Å². The molecule has 0 amide bonds. The first-order valence-corrected chi connectivity index (χ1v) is 5.22. The second-order valence-electron chi connectivity index (χ2n) is 3.32. The van der Waals surface area contributed by atoms with Gasteiger partial charge in [0.25, 0.3) is 0 Å². The Bertz CT molecular complexity index is 269. The zero-order chi connectivity index (χ0) is 11.1. The maximum atomic E-state index is 5.08. The molecule has 0 spiro atoms. The molecule has 0 bridgehead atoms. The van der Waals surface area contributed by atoms with Crippen LogP contribution in [0.4, 0.5) is 0 Å². The zero-order valence-corrected chi connectivity index (χ0v) is 9.69. The summed E-state index contributed by atoms with van der Waals surface area (Å²) in [4.78, 5) is 0. The summed E-state index contributed by atoms with van der Waals surface area (Å²) in [5.41, 5.74) is 1.28. The van der Waals surface area contributed by atoms with Crippen LogP contribution < -0.4 is 5.32 Å². The van der Waals surface area contributed by atoms with Crippen LogP contribution in [0.3, 0.4) is 0 Å². The Morgan fingerprint density at radius 3 is 2.73 bits per heavy atom. The summed E-state index contributed by atoms with van der Waals surface area (Å²) >= 11 is 0. The van der Waals surface area contributed by atoms with Crippen molar-refractivity contribution in [2.75, 3.05) is 20.8 Å². The highest BCUT2D eigenvalue weighted by atomic mass is 16.7. The number of aromatic nitrogens is 1. The number of hydrogen-bond acceptors (Lipinski definition) is 3. The van der Waals surface area contributed by atoms with Crippen LogP contribution in [0, 0.1) is 0 Å². The highest BCUT2D eigenvalue weighted by molar-refractivity contribution is 5.06. The largest absolute Gasteiger partial charge is 0.355 e. The quantitative estimate of drug-likeness (QED) is 0.690. The predicted molar refractivity (Wildman–Crippen MR) is 59.6 cm³/mol. The molecule has 1 N–H and O–H groups in total. The lowest BCUT2D eigenvalue weighted by Crippen LogP contribution is -2.29. The highest BCUT2D eigenvalue weighted by Gasteiger charge is 2.04. The molecule has 86 valence electrons. The van der Waals surface area contributed by atoms with Gasteiger partial charge in [0.05, 0.1) is 0 Å². The normalized spacial score (nSPS) is 11.2. The zero-order valence-electron chi connectivity index (χ0n) is 9.69. The number of nitrogens with zero attached hydrogens (tertiary/aromatic N) is 1. The van der Waals surface area contributed by atoms with Gasteiger partial charge in [-0.05, 0) is 19.1 Å². The van der Waals surface area contributed by atoms with E-state index in [1.807, 2.05) is 0 Å². The minimum atomic E-state index is -0.171. The van der Waals surface area contributed by atoms with Gasteiger partial charge in [0, 0.05) is 45.7 Å². The van der Waals surface area contributed by atoms with E-state index in [4.69, 9.17) is 9.47 Å². The van der Waals surface area contributed by atoms with Gasteiger partial charge in [0.1, 0.15) is 0 Å². The standard InChI is InChI=1S/C11H20N2O2/c1-4-13-7-5-6-10(13)8-12-9-11(14-2)15-3/h5-7,11-12H,4,8-9H2,1-3H3. The SMILES string of the molecule is CCn1cccc1CNCC(OC)OC. The second-order valence-corrected chi connectivity index (χ2v) is 3.32. The Morgan fingerprint density at radius 1 is 1.40 bits per heavy atom. The van der Waals surface area contributed by atoms with Crippen molar-refractivity contribution in [2.24, 2.45) is 0 Å². The number of nitrogens with one attached hydrogen (secondary N) is 1. The fourth-order valence-electron chi connectivity index (χ4n) is 1.50. The summed E-state index contributed by atoms with van der Waals surface area (Å²) in [5.74, 6) is 0. The van der Waals surface area contributed by atoms with Crippen LogP contribution >= 0.6 is 0 Å². The summed E-state index contributed by atoms with van der Waals surface area (Å²) in [6.45, 7) is 4.67. The Labute approximate surface area is 91.2 Å². The average Bonchev–Trinajstić information content (AvgIpc) is 2.72. The molecule has 15 heavy (non-hydrogen) atoms. The van der Waals surface area contributed by atoms with Crippen molar-refractivity contribution in [1.82, 2.24) is 9.88 Å². The van der Waals surface area contributed by atoms with E-state index in [1.165, 1.54) is 5.69 Å². The molecule has 0 fully saturated rings. The maximum absolute atomic E-state index is 5.08. The topological polar surface area (TPSA) is 35.4 Å². The van der Waals surface area contributed by atoms with Gasteiger partial charge in [-0.1, -0.05) is 0 Å². The van der Waals surface area contributed by atoms with Gasteiger partial charge in [0.15, 0.2) is 6.29 Å². The fourth-order valence-corrected chi connectivity index (χ4v) is 1.50. The second kappa shape index (κ2) is 6.61. The monoisotopic (exact) mass is 212 g/mol. The van der Waals surface area contributed by atoms with Crippen molar-refractivity contribution in [3.05, 3.63) is 24.0 Å². The van der Waals surface area contributed by atoms with Crippen LogP contribution in [-0.4, -0.2) is 31.6 Å². The van der Waals surface area contributed by atoms with Crippen LogP contribution in [0.25, 0.3) is 0 Å². The van der Waals surface area contributed by atoms with Crippen molar-refractivity contribution < 1.29 is 9.47 Å². The smallest absolute Gasteiger partial charge is 0.169 e. The first kappa shape index (κ1) is 12.2. The van der Waals surface area contributed by atoms with Crippen molar-refractivity contribution >= 4 is 0 Å². The lowest BCUT2D eigenvalue weighted by atomic mass is 10.4. The molecule has 0 atom stereocenters. The number of rotatable bonds is 7. The van der Waals surface area contributed by atoms with Crippen LogP contribution in [0.15, 0.2) is 18.3 Å². The van der Waals surface area contributed by atoms with Crippen LogP contribution in [0.2, 0.25) is 0 Å². The van der Waals surface area contributed by atoms with E-state index in [0.29, 0.717) is 6.54 Å². The number of ether oxygens (including phenoxy) is 2. The molecule has 1 heterocycles. The molecule has 0 aliphatic rings. The first-order valence-electron chi connectivity index (χ1n) is 5.22. The van der Waals surface area contributed by atoms with Crippen molar-refractivity contribution in [3.8, 4) is 0 Å². The molecule has 0 saturated heterocycles. The summed E-state index contributed by atoms with van der Waals surface area (Å²) in [6.07, 6.45) is 1.91. The molecule has 4 nitrogen and oxygen atoms in total. The van der Waals surface area contributed by atoms with Gasteiger partial charge in [-0.15, -0.1) is 0 Å². The third kappa shape index (κ3) is 3.66. The van der Waals surface area contributed by atoms with Crippen molar-refractivity contribution in [2.45, 2.75) is 26.3 Å². The first-order chi connectivity index (χ1) is 7.31.